The second-order valence-corrected chi connectivity index (χ2v) is 6.22. The smallest absolute Gasteiger partial charge is 0.157 e. The van der Waals surface area contributed by atoms with Gasteiger partial charge in [0.25, 0.3) is 0 Å². The van der Waals surface area contributed by atoms with Gasteiger partial charge >= 0.3 is 0 Å². The van der Waals surface area contributed by atoms with Crippen LogP contribution in [0, 0.1) is 0 Å². The molecule has 3 heterocycles. The predicted octanol–water partition coefficient (Wildman–Crippen LogP) is 4.24. The third-order valence-electron chi connectivity index (χ3n) is 4.72. The van der Waals surface area contributed by atoms with Crippen molar-refractivity contribution in [3.63, 3.8) is 0 Å². The quantitative estimate of drug-likeness (QED) is 0.571. The molecular weight excluding hydrogens is 296 g/mol. The molecule has 1 atom stereocenters. The third-order valence-corrected chi connectivity index (χ3v) is 4.72. The van der Waals surface area contributed by atoms with Gasteiger partial charge < -0.3 is 5.32 Å². The molecule has 0 bridgehead atoms. The first-order valence-corrected chi connectivity index (χ1v) is 8.04. The van der Waals surface area contributed by atoms with Gasteiger partial charge in [0, 0.05) is 17.4 Å². The summed E-state index contributed by atoms with van der Waals surface area (Å²) in [5.41, 5.74) is 4.75. The van der Waals surface area contributed by atoms with Crippen molar-refractivity contribution < 1.29 is 0 Å². The molecule has 0 spiro atoms. The molecular formula is C20H16N4. The van der Waals surface area contributed by atoms with Crippen molar-refractivity contribution in [2.24, 2.45) is 0 Å². The fourth-order valence-electron chi connectivity index (χ4n) is 3.59. The van der Waals surface area contributed by atoms with Gasteiger partial charge in [-0.2, -0.15) is 0 Å². The van der Waals surface area contributed by atoms with Crippen molar-refractivity contribution in [2.45, 2.75) is 12.6 Å². The van der Waals surface area contributed by atoms with Gasteiger partial charge in [-0.15, -0.1) is 0 Å². The van der Waals surface area contributed by atoms with Crippen LogP contribution in [0.2, 0.25) is 0 Å². The number of aromatic nitrogens is 3. The number of nitrogens with zero attached hydrogens (tertiary/aromatic N) is 3. The molecule has 0 radical (unpaired) electrons. The average Bonchev–Trinajstić information content (AvgIpc) is 3.03. The molecule has 4 heteroatoms. The van der Waals surface area contributed by atoms with Crippen LogP contribution in [0.3, 0.4) is 0 Å². The van der Waals surface area contributed by atoms with Crippen LogP contribution in [-0.2, 0) is 5.66 Å². The molecule has 116 valence electrons. The van der Waals surface area contributed by atoms with E-state index < -0.39 is 5.66 Å². The standard InChI is InChI=1S/C20H16N4/c1-20(18-12-6-7-13-21-18)23-15-9-3-2-8-14(15)19-22-16-10-4-5-11-17(16)24(19)20/h2-13,23H,1H3/t20-/m0/s1. The molecule has 0 fully saturated rings. The van der Waals surface area contributed by atoms with Gasteiger partial charge in [-0.1, -0.05) is 30.3 Å². The molecule has 1 N–H and O–H groups in total. The van der Waals surface area contributed by atoms with Gasteiger partial charge in [0.05, 0.1) is 16.7 Å². The highest BCUT2D eigenvalue weighted by atomic mass is 15.3. The number of para-hydroxylation sites is 3. The lowest BCUT2D eigenvalue weighted by Crippen LogP contribution is -2.43. The van der Waals surface area contributed by atoms with E-state index in [4.69, 9.17) is 4.98 Å². The lowest BCUT2D eigenvalue weighted by molar-refractivity contribution is 0.449. The molecule has 4 nitrogen and oxygen atoms in total. The van der Waals surface area contributed by atoms with Crippen molar-refractivity contribution in [3.05, 3.63) is 78.6 Å². The van der Waals surface area contributed by atoms with E-state index in [9.17, 15) is 0 Å². The maximum atomic E-state index is 4.91. The van der Waals surface area contributed by atoms with Crippen molar-refractivity contribution >= 4 is 16.7 Å². The highest BCUT2D eigenvalue weighted by Gasteiger charge is 2.38. The molecule has 0 unspecified atom stereocenters. The van der Waals surface area contributed by atoms with Crippen LogP contribution in [0.1, 0.15) is 12.6 Å². The summed E-state index contributed by atoms with van der Waals surface area (Å²) >= 11 is 0. The Kier molecular flexibility index (Phi) is 2.59. The Morgan fingerprint density at radius 1 is 0.917 bits per heavy atom. The maximum absolute atomic E-state index is 4.91. The lowest BCUT2D eigenvalue weighted by Gasteiger charge is -2.39. The van der Waals surface area contributed by atoms with Gasteiger partial charge in [0.15, 0.2) is 5.66 Å². The number of fused-ring (bicyclic) bond motifs is 5. The molecule has 4 aromatic rings. The Labute approximate surface area is 139 Å². The van der Waals surface area contributed by atoms with Crippen LogP contribution in [0.15, 0.2) is 72.9 Å². The molecule has 0 aliphatic carbocycles. The van der Waals surface area contributed by atoms with E-state index in [1.165, 1.54) is 0 Å². The molecule has 0 amide bonds. The Balaban J connectivity index is 1.91. The fraction of sp³-hybridized carbons (Fsp3) is 0.100. The van der Waals surface area contributed by atoms with Crippen LogP contribution < -0.4 is 5.32 Å². The Bertz CT molecular complexity index is 1050. The minimum Gasteiger partial charge on any atom is -0.357 e. The number of imidazole rings is 1. The van der Waals surface area contributed by atoms with E-state index in [1.807, 2.05) is 36.5 Å². The van der Waals surface area contributed by atoms with Crippen LogP contribution in [0.25, 0.3) is 22.4 Å². The van der Waals surface area contributed by atoms with Crippen molar-refractivity contribution in [3.8, 4) is 11.4 Å². The zero-order valence-electron chi connectivity index (χ0n) is 13.3. The largest absolute Gasteiger partial charge is 0.357 e. The normalized spacial score (nSPS) is 18.7. The molecule has 1 aliphatic heterocycles. The summed E-state index contributed by atoms with van der Waals surface area (Å²) < 4.78 is 2.26. The first-order valence-electron chi connectivity index (χ1n) is 8.04. The highest BCUT2D eigenvalue weighted by Crippen LogP contribution is 2.42. The number of hydrogen-bond donors (Lipinski definition) is 1. The average molecular weight is 312 g/mol. The van der Waals surface area contributed by atoms with E-state index in [1.54, 1.807) is 0 Å². The van der Waals surface area contributed by atoms with Crippen LogP contribution in [0.4, 0.5) is 5.69 Å². The van der Waals surface area contributed by atoms with E-state index in [0.29, 0.717) is 0 Å². The second-order valence-electron chi connectivity index (χ2n) is 6.22. The number of anilines is 1. The molecule has 0 saturated heterocycles. The Morgan fingerprint density at radius 2 is 1.71 bits per heavy atom. The molecule has 24 heavy (non-hydrogen) atoms. The number of rotatable bonds is 1. The number of benzene rings is 2. The van der Waals surface area contributed by atoms with E-state index >= 15 is 0 Å². The second kappa shape index (κ2) is 4.68. The van der Waals surface area contributed by atoms with Gasteiger partial charge in [-0.25, -0.2) is 4.98 Å². The summed E-state index contributed by atoms with van der Waals surface area (Å²) in [5, 5.41) is 3.68. The number of pyridine rings is 1. The minimum absolute atomic E-state index is 0.499. The van der Waals surface area contributed by atoms with E-state index in [2.05, 4.69) is 58.2 Å². The first kappa shape index (κ1) is 13.3. The Morgan fingerprint density at radius 3 is 2.58 bits per heavy atom. The number of nitrogens with one attached hydrogen (secondary N) is 1. The van der Waals surface area contributed by atoms with E-state index in [0.717, 1.165) is 33.8 Å². The summed E-state index contributed by atoms with van der Waals surface area (Å²) in [6.07, 6.45) is 1.83. The zero-order chi connectivity index (χ0) is 16.1. The molecule has 1 aliphatic rings. The third kappa shape index (κ3) is 1.68. The van der Waals surface area contributed by atoms with Gasteiger partial charge in [-0.3, -0.25) is 9.55 Å². The summed E-state index contributed by atoms with van der Waals surface area (Å²) in [7, 11) is 0. The van der Waals surface area contributed by atoms with Crippen LogP contribution in [-0.4, -0.2) is 14.5 Å². The summed E-state index contributed by atoms with van der Waals surface area (Å²) in [6.45, 7) is 2.16. The molecule has 2 aromatic carbocycles. The molecule has 5 rings (SSSR count). The van der Waals surface area contributed by atoms with Crippen LogP contribution in [0.5, 0.6) is 0 Å². The lowest BCUT2D eigenvalue weighted by atomic mass is 10.00. The first-order chi connectivity index (χ1) is 11.8. The monoisotopic (exact) mass is 312 g/mol. The molecule has 0 saturated carbocycles. The highest BCUT2D eigenvalue weighted by molar-refractivity contribution is 5.87. The predicted molar refractivity (Wildman–Crippen MR) is 95.8 cm³/mol. The topological polar surface area (TPSA) is 42.7 Å². The SMILES string of the molecule is C[C@]1(c2ccccn2)Nc2ccccc2-c2nc3ccccc3n21. The maximum Gasteiger partial charge on any atom is 0.157 e. The van der Waals surface area contributed by atoms with Gasteiger partial charge in [-0.05, 0) is 43.3 Å². The fourth-order valence-corrected chi connectivity index (χ4v) is 3.59. The van der Waals surface area contributed by atoms with Crippen molar-refractivity contribution in [1.29, 1.82) is 0 Å². The van der Waals surface area contributed by atoms with Crippen molar-refractivity contribution in [1.82, 2.24) is 14.5 Å². The van der Waals surface area contributed by atoms with Crippen molar-refractivity contribution in [2.75, 3.05) is 5.32 Å². The van der Waals surface area contributed by atoms with Crippen LogP contribution >= 0.6 is 0 Å². The Hall–Kier alpha value is -3.14. The zero-order valence-corrected chi connectivity index (χ0v) is 13.3. The minimum atomic E-state index is -0.499. The summed E-state index contributed by atoms with van der Waals surface area (Å²) in [5.74, 6) is 0.971. The summed E-state index contributed by atoms with van der Waals surface area (Å²) in [6, 6.07) is 22.6. The van der Waals surface area contributed by atoms with E-state index in [-0.39, 0.29) is 0 Å². The summed E-state index contributed by atoms with van der Waals surface area (Å²) in [4.78, 5) is 9.53. The molecule has 2 aromatic heterocycles. The van der Waals surface area contributed by atoms with Gasteiger partial charge in [0.1, 0.15) is 5.82 Å². The number of hydrogen-bond acceptors (Lipinski definition) is 3. The van der Waals surface area contributed by atoms with Gasteiger partial charge in [0.2, 0.25) is 0 Å².